The third kappa shape index (κ3) is 5.84. The fourth-order valence-corrected chi connectivity index (χ4v) is 2.56. The van der Waals surface area contributed by atoms with Gasteiger partial charge in [0.25, 0.3) is 0 Å². The molecule has 3 nitrogen and oxygen atoms in total. The van der Waals surface area contributed by atoms with Gasteiger partial charge in [0.2, 0.25) is 0 Å². The molecule has 0 radical (unpaired) electrons. The monoisotopic (exact) mass is 242 g/mol. The van der Waals surface area contributed by atoms with Gasteiger partial charge in [-0.15, -0.1) is 0 Å². The van der Waals surface area contributed by atoms with Gasteiger partial charge in [-0.05, 0) is 19.3 Å². The van der Waals surface area contributed by atoms with Gasteiger partial charge in [-0.2, -0.15) is 0 Å². The molecular weight excluding hydrogens is 212 g/mol. The molecule has 0 bridgehead atoms. The second-order valence-electron chi connectivity index (χ2n) is 6.65. The van der Waals surface area contributed by atoms with Crippen LogP contribution in [-0.2, 0) is 4.74 Å². The molecule has 1 aliphatic heterocycles. The van der Waals surface area contributed by atoms with Crippen LogP contribution in [-0.4, -0.2) is 49.3 Å². The lowest BCUT2D eigenvalue weighted by molar-refractivity contribution is -0.0756. The number of rotatable bonds is 5. The van der Waals surface area contributed by atoms with Gasteiger partial charge in [-0.3, -0.25) is 4.90 Å². The molecule has 1 saturated heterocycles. The van der Waals surface area contributed by atoms with Gasteiger partial charge in [-0.25, -0.2) is 0 Å². The van der Waals surface area contributed by atoms with Crippen molar-refractivity contribution in [2.75, 3.05) is 26.2 Å². The molecule has 1 rings (SSSR count). The Bertz CT molecular complexity index is 218. The zero-order valence-electron chi connectivity index (χ0n) is 12.4. The van der Waals surface area contributed by atoms with E-state index >= 15 is 0 Å². The van der Waals surface area contributed by atoms with Crippen LogP contribution in [0, 0.1) is 5.41 Å². The molecule has 102 valence electrons. The molecule has 0 aromatic carbocycles. The largest absolute Gasteiger partial charge is 0.373 e. The minimum absolute atomic E-state index is 0.320. The molecule has 17 heavy (non-hydrogen) atoms. The number of nitrogens with zero attached hydrogens (tertiary/aromatic N) is 1. The molecular formula is C14H30N2O. The Hall–Kier alpha value is -0.120. The highest BCUT2D eigenvalue weighted by Crippen LogP contribution is 2.19. The molecule has 2 atom stereocenters. The summed E-state index contributed by atoms with van der Waals surface area (Å²) in [7, 11) is 0. The summed E-state index contributed by atoms with van der Waals surface area (Å²) in [6.45, 7) is 17.8. The van der Waals surface area contributed by atoms with Crippen LogP contribution in [0.3, 0.4) is 0 Å². The minimum atomic E-state index is 0.320. The van der Waals surface area contributed by atoms with Crippen LogP contribution in [0.25, 0.3) is 0 Å². The van der Waals surface area contributed by atoms with Crippen molar-refractivity contribution in [1.82, 2.24) is 10.2 Å². The first kappa shape index (κ1) is 14.9. The van der Waals surface area contributed by atoms with E-state index in [0.29, 0.717) is 23.7 Å². The molecule has 0 aromatic heterocycles. The van der Waals surface area contributed by atoms with Crippen molar-refractivity contribution in [1.29, 1.82) is 0 Å². The molecule has 0 unspecified atom stereocenters. The first-order valence-electron chi connectivity index (χ1n) is 6.90. The summed E-state index contributed by atoms with van der Waals surface area (Å²) in [5.74, 6) is 0. The molecule has 0 amide bonds. The normalized spacial score (nSPS) is 27.7. The summed E-state index contributed by atoms with van der Waals surface area (Å²) in [4.78, 5) is 2.54. The van der Waals surface area contributed by atoms with Crippen LogP contribution < -0.4 is 5.32 Å². The van der Waals surface area contributed by atoms with E-state index in [1.54, 1.807) is 0 Å². The Kier molecular flexibility index (Phi) is 5.42. The number of hydrogen-bond acceptors (Lipinski definition) is 3. The van der Waals surface area contributed by atoms with Gasteiger partial charge in [0.05, 0.1) is 12.2 Å². The SMILES string of the molecule is CC(C)NCC(C)(C)CN1C[C@@H](C)O[C@@H](C)C1. The maximum atomic E-state index is 5.77. The fourth-order valence-electron chi connectivity index (χ4n) is 2.56. The van der Waals surface area contributed by atoms with Crippen LogP contribution in [0.1, 0.15) is 41.5 Å². The maximum Gasteiger partial charge on any atom is 0.0678 e. The molecule has 0 spiro atoms. The van der Waals surface area contributed by atoms with Gasteiger partial charge in [0, 0.05) is 32.2 Å². The Morgan fingerprint density at radius 1 is 1.24 bits per heavy atom. The van der Waals surface area contributed by atoms with Gasteiger partial charge in [-0.1, -0.05) is 27.7 Å². The lowest BCUT2D eigenvalue weighted by Gasteiger charge is -2.40. The van der Waals surface area contributed by atoms with Crippen LogP contribution in [0.2, 0.25) is 0 Å². The topological polar surface area (TPSA) is 24.5 Å². The molecule has 1 N–H and O–H groups in total. The minimum Gasteiger partial charge on any atom is -0.373 e. The lowest BCUT2D eigenvalue weighted by atomic mass is 9.91. The standard InChI is InChI=1S/C14H30N2O/c1-11(2)15-9-14(5,6)10-16-7-12(3)17-13(4)8-16/h11-13,15H,7-10H2,1-6H3/t12-,13+. The van der Waals surface area contributed by atoms with Crippen molar-refractivity contribution in [3.05, 3.63) is 0 Å². The summed E-state index contributed by atoms with van der Waals surface area (Å²) in [5, 5.41) is 3.54. The lowest BCUT2D eigenvalue weighted by Crippen LogP contribution is -2.50. The Morgan fingerprint density at radius 3 is 2.24 bits per heavy atom. The maximum absolute atomic E-state index is 5.77. The van der Waals surface area contributed by atoms with E-state index in [0.717, 1.165) is 26.2 Å². The van der Waals surface area contributed by atoms with Crippen molar-refractivity contribution in [2.45, 2.75) is 59.8 Å². The van der Waals surface area contributed by atoms with Gasteiger partial charge in [0.15, 0.2) is 0 Å². The van der Waals surface area contributed by atoms with E-state index in [2.05, 4.69) is 51.8 Å². The van der Waals surface area contributed by atoms with Crippen molar-refractivity contribution in [3.8, 4) is 0 Å². The summed E-state index contributed by atoms with van der Waals surface area (Å²) in [6, 6.07) is 0.566. The highest BCUT2D eigenvalue weighted by atomic mass is 16.5. The van der Waals surface area contributed by atoms with E-state index in [1.165, 1.54) is 0 Å². The predicted molar refractivity (Wildman–Crippen MR) is 73.4 cm³/mol. The number of ether oxygens (including phenoxy) is 1. The van der Waals surface area contributed by atoms with Crippen LogP contribution in [0.5, 0.6) is 0 Å². The molecule has 0 aromatic rings. The van der Waals surface area contributed by atoms with Crippen molar-refractivity contribution in [3.63, 3.8) is 0 Å². The Labute approximate surface area is 107 Å². The Morgan fingerprint density at radius 2 is 1.76 bits per heavy atom. The third-order valence-corrected chi connectivity index (χ3v) is 3.14. The summed E-state index contributed by atoms with van der Waals surface area (Å²) in [6.07, 6.45) is 0.736. The van der Waals surface area contributed by atoms with Crippen molar-refractivity contribution < 1.29 is 4.74 Å². The predicted octanol–water partition coefficient (Wildman–Crippen LogP) is 2.12. The fraction of sp³-hybridized carbons (Fsp3) is 1.00. The first-order chi connectivity index (χ1) is 7.78. The molecule has 1 fully saturated rings. The average molecular weight is 242 g/mol. The van der Waals surface area contributed by atoms with Gasteiger partial charge in [0.1, 0.15) is 0 Å². The van der Waals surface area contributed by atoms with Gasteiger partial charge < -0.3 is 10.1 Å². The van der Waals surface area contributed by atoms with Crippen LogP contribution in [0.4, 0.5) is 0 Å². The number of hydrogen-bond donors (Lipinski definition) is 1. The zero-order valence-corrected chi connectivity index (χ0v) is 12.4. The molecule has 1 heterocycles. The summed E-state index contributed by atoms with van der Waals surface area (Å²) < 4.78 is 5.77. The van der Waals surface area contributed by atoms with E-state index in [1.807, 2.05) is 0 Å². The van der Waals surface area contributed by atoms with E-state index in [-0.39, 0.29) is 0 Å². The van der Waals surface area contributed by atoms with E-state index in [4.69, 9.17) is 4.74 Å². The highest BCUT2D eigenvalue weighted by molar-refractivity contribution is 4.81. The first-order valence-corrected chi connectivity index (χ1v) is 6.90. The van der Waals surface area contributed by atoms with Crippen molar-refractivity contribution in [2.24, 2.45) is 5.41 Å². The quantitative estimate of drug-likeness (QED) is 0.799. The van der Waals surface area contributed by atoms with Crippen molar-refractivity contribution >= 4 is 0 Å². The zero-order chi connectivity index (χ0) is 13.1. The summed E-state index contributed by atoms with van der Waals surface area (Å²) in [5.41, 5.74) is 0.320. The molecule has 0 saturated carbocycles. The highest BCUT2D eigenvalue weighted by Gasteiger charge is 2.27. The van der Waals surface area contributed by atoms with Crippen LogP contribution >= 0.6 is 0 Å². The Balaban J connectivity index is 2.40. The summed E-state index contributed by atoms with van der Waals surface area (Å²) >= 11 is 0. The number of morpholine rings is 1. The second kappa shape index (κ2) is 6.17. The molecule has 3 heteroatoms. The molecule has 1 aliphatic rings. The van der Waals surface area contributed by atoms with Crippen LogP contribution in [0.15, 0.2) is 0 Å². The van der Waals surface area contributed by atoms with E-state index in [9.17, 15) is 0 Å². The smallest absolute Gasteiger partial charge is 0.0678 e. The average Bonchev–Trinajstić information content (AvgIpc) is 2.12. The third-order valence-electron chi connectivity index (χ3n) is 3.14. The second-order valence-corrected chi connectivity index (χ2v) is 6.65. The van der Waals surface area contributed by atoms with Gasteiger partial charge >= 0.3 is 0 Å². The molecule has 0 aliphatic carbocycles. The number of nitrogens with one attached hydrogen (secondary N) is 1. The van der Waals surface area contributed by atoms with E-state index < -0.39 is 0 Å².